The monoisotopic (exact) mass is 416 g/mol. The summed E-state index contributed by atoms with van der Waals surface area (Å²) in [6.07, 6.45) is 0. The van der Waals surface area contributed by atoms with Crippen LogP contribution in [0.2, 0.25) is 0 Å². The molecule has 0 saturated heterocycles. The molecule has 3 aromatic carbocycles. The first-order valence-electron chi connectivity index (χ1n) is 8.22. The second-order valence-corrected chi connectivity index (χ2v) is 7.72. The molecule has 0 bridgehead atoms. The lowest BCUT2D eigenvalue weighted by atomic mass is 10.00. The van der Waals surface area contributed by atoms with Crippen molar-refractivity contribution in [3.8, 4) is 11.5 Å². The molecule has 0 saturated carbocycles. The Bertz CT molecular complexity index is 1300. The number of hydrogen-bond donors (Lipinski definition) is 4. The van der Waals surface area contributed by atoms with Gasteiger partial charge in [0.05, 0.1) is 10.9 Å². The molecule has 0 aromatic heterocycles. The van der Waals surface area contributed by atoms with Gasteiger partial charge in [0.1, 0.15) is 22.0 Å². The summed E-state index contributed by atoms with van der Waals surface area (Å²) >= 11 is 0. The highest BCUT2D eigenvalue weighted by atomic mass is 32.2. The van der Waals surface area contributed by atoms with Crippen molar-refractivity contribution in [2.24, 2.45) is 10.2 Å². The summed E-state index contributed by atoms with van der Waals surface area (Å²) in [4.78, 5) is 10.6. The molecule has 0 atom stereocenters. The quantitative estimate of drug-likeness (QED) is 0.366. The van der Waals surface area contributed by atoms with Gasteiger partial charge in [-0.3, -0.25) is 4.55 Å². The number of phenols is 2. The van der Waals surface area contributed by atoms with E-state index >= 15 is 0 Å². The highest BCUT2D eigenvalue weighted by Crippen LogP contribution is 2.46. The van der Waals surface area contributed by atoms with E-state index in [2.05, 4.69) is 10.2 Å². The maximum Gasteiger partial charge on any atom is 0.337 e. The van der Waals surface area contributed by atoms with Crippen LogP contribution in [0.5, 0.6) is 11.5 Å². The zero-order valence-corrected chi connectivity index (χ0v) is 16.1. The van der Waals surface area contributed by atoms with Crippen LogP contribution in [0.25, 0.3) is 10.8 Å². The largest absolute Gasteiger partial charge is 0.507 e. The summed E-state index contributed by atoms with van der Waals surface area (Å²) in [5, 5.41) is 37.8. The van der Waals surface area contributed by atoms with Crippen LogP contribution in [0.3, 0.4) is 0 Å². The number of carboxylic acids is 1. The minimum Gasteiger partial charge on any atom is -0.507 e. The third kappa shape index (κ3) is 3.62. The molecule has 0 aliphatic heterocycles. The van der Waals surface area contributed by atoms with Gasteiger partial charge in [-0.2, -0.15) is 8.42 Å². The van der Waals surface area contributed by atoms with Crippen molar-refractivity contribution in [1.29, 1.82) is 0 Å². The summed E-state index contributed by atoms with van der Waals surface area (Å²) < 4.78 is 33.3. The molecule has 9 nitrogen and oxygen atoms in total. The number of azo groups is 1. The topological polar surface area (TPSA) is 157 Å². The lowest BCUT2D eigenvalue weighted by molar-refractivity contribution is 0.0697. The summed E-state index contributed by atoms with van der Waals surface area (Å²) in [5.41, 5.74) is 0.190. The van der Waals surface area contributed by atoms with Crippen LogP contribution < -0.4 is 0 Å². The first-order chi connectivity index (χ1) is 13.5. The van der Waals surface area contributed by atoms with Gasteiger partial charge in [-0.1, -0.05) is 18.2 Å². The van der Waals surface area contributed by atoms with Crippen molar-refractivity contribution in [2.75, 3.05) is 0 Å². The van der Waals surface area contributed by atoms with E-state index in [1.165, 1.54) is 24.3 Å². The van der Waals surface area contributed by atoms with Crippen LogP contribution in [-0.4, -0.2) is 34.3 Å². The Labute approximate surface area is 165 Å². The van der Waals surface area contributed by atoms with Crippen molar-refractivity contribution in [3.05, 3.63) is 53.1 Å². The molecule has 0 fully saturated rings. The molecule has 0 heterocycles. The van der Waals surface area contributed by atoms with Crippen molar-refractivity contribution < 1.29 is 33.1 Å². The molecule has 3 aromatic rings. The van der Waals surface area contributed by atoms with Gasteiger partial charge in [0.2, 0.25) is 0 Å². The van der Waals surface area contributed by atoms with E-state index in [1.54, 1.807) is 19.9 Å². The molecule has 10 heteroatoms. The van der Waals surface area contributed by atoms with Crippen LogP contribution in [0.4, 0.5) is 11.4 Å². The number of aryl methyl sites for hydroxylation is 1. The van der Waals surface area contributed by atoms with Gasteiger partial charge < -0.3 is 15.3 Å². The average Bonchev–Trinajstić information content (AvgIpc) is 2.64. The molecule has 0 radical (unpaired) electrons. The lowest BCUT2D eigenvalue weighted by Crippen LogP contribution is -2.00. The fourth-order valence-electron chi connectivity index (χ4n) is 2.87. The number of fused-ring (bicyclic) bond motifs is 1. The van der Waals surface area contributed by atoms with Crippen molar-refractivity contribution in [3.63, 3.8) is 0 Å². The molecule has 0 spiro atoms. The number of aromatic carboxylic acids is 1. The van der Waals surface area contributed by atoms with Crippen molar-refractivity contribution in [2.45, 2.75) is 18.7 Å². The highest BCUT2D eigenvalue weighted by Gasteiger charge is 2.24. The molecular formula is C19H16N2O7S. The number of benzene rings is 3. The molecule has 0 unspecified atom stereocenters. The number of hydrogen-bond acceptors (Lipinski definition) is 7. The minimum absolute atomic E-state index is 0.0685. The number of carboxylic acid groups (broad SMARTS) is 1. The number of rotatable bonds is 4. The summed E-state index contributed by atoms with van der Waals surface area (Å²) in [5.74, 6) is -2.27. The van der Waals surface area contributed by atoms with E-state index < -0.39 is 32.4 Å². The van der Waals surface area contributed by atoms with Crippen molar-refractivity contribution >= 4 is 38.2 Å². The summed E-state index contributed by atoms with van der Waals surface area (Å²) in [7, 11) is -4.83. The first-order valence-corrected chi connectivity index (χ1v) is 9.66. The molecule has 0 aliphatic carbocycles. The molecule has 4 N–H and O–H groups in total. The van der Waals surface area contributed by atoms with E-state index in [-0.39, 0.29) is 27.8 Å². The van der Waals surface area contributed by atoms with Crippen molar-refractivity contribution in [1.82, 2.24) is 0 Å². The van der Waals surface area contributed by atoms with E-state index in [9.17, 15) is 33.1 Å². The van der Waals surface area contributed by atoms with E-state index in [4.69, 9.17) is 0 Å². The van der Waals surface area contributed by atoms with Crippen LogP contribution in [-0.2, 0) is 10.1 Å². The standard InChI is InChI=1S/C19H16N2O7S/c1-9-7-11-8-14(29(26,27)28)16(18(23)15(11)17(22)10(9)2)21-20-13-6-4-3-5-12(13)19(24)25/h3-8,22-23H,1-2H3,(H,24,25)(H,26,27,28). The van der Waals surface area contributed by atoms with E-state index in [1.807, 2.05) is 0 Å². The zero-order valence-electron chi connectivity index (χ0n) is 15.3. The predicted molar refractivity (Wildman–Crippen MR) is 104 cm³/mol. The first kappa shape index (κ1) is 20.2. The fourth-order valence-corrected chi connectivity index (χ4v) is 3.53. The van der Waals surface area contributed by atoms with Crippen LogP contribution in [0.1, 0.15) is 21.5 Å². The second kappa shape index (κ2) is 7.15. The lowest BCUT2D eigenvalue weighted by Gasteiger charge is -2.13. The average molecular weight is 416 g/mol. The molecule has 150 valence electrons. The zero-order chi connectivity index (χ0) is 21.5. The number of aromatic hydroxyl groups is 2. The molecular weight excluding hydrogens is 400 g/mol. The Morgan fingerprint density at radius 2 is 1.66 bits per heavy atom. The third-order valence-electron chi connectivity index (χ3n) is 4.50. The van der Waals surface area contributed by atoms with E-state index in [0.717, 1.165) is 6.07 Å². The number of carbonyl (C=O) groups is 1. The van der Waals surface area contributed by atoms with Gasteiger partial charge in [-0.05, 0) is 48.6 Å². The fraction of sp³-hybridized carbons (Fsp3) is 0.105. The highest BCUT2D eigenvalue weighted by molar-refractivity contribution is 7.86. The summed E-state index contributed by atoms with van der Waals surface area (Å²) in [6, 6.07) is 8.18. The van der Waals surface area contributed by atoms with Gasteiger partial charge >= 0.3 is 5.97 Å². The number of phenolic OH excluding ortho intramolecular Hbond substituents is 2. The smallest absolute Gasteiger partial charge is 0.337 e. The second-order valence-electron chi connectivity index (χ2n) is 6.33. The Hall–Kier alpha value is -3.50. The van der Waals surface area contributed by atoms with Gasteiger partial charge in [-0.25, -0.2) is 4.79 Å². The summed E-state index contributed by atoms with van der Waals surface area (Å²) in [6.45, 7) is 3.31. The van der Waals surface area contributed by atoms with Crippen LogP contribution >= 0.6 is 0 Å². The van der Waals surface area contributed by atoms with Gasteiger partial charge in [0, 0.05) is 0 Å². The Morgan fingerprint density at radius 3 is 2.28 bits per heavy atom. The molecule has 0 aliphatic rings. The van der Waals surface area contributed by atoms with E-state index in [0.29, 0.717) is 11.1 Å². The maximum atomic E-state index is 11.9. The Morgan fingerprint density at radius 1 is 1.00 bits per heavy atom. The SMILES string of the molecule is Cc1cc2cc(S(=O)(=O)O)c(N=Nc3ccccc3C(=O)O)c(O)c2c(O)c1C. The number of nitrogens with zero attached hydrogens (tertiary/aromatic N) is 2. The van der Waals surface area contributed by atoms with Gasteiger partial charge in [0.25, 0.3) is 10.1 Å². The van der Waals surface area contributed by atoms with Crippen LogP contribution in [0.15, 0.2) is 51.5 Å². The Balaban J connectivity index is 2.35. The molecule has 29 heavy (non-hydrogen) atoms. The van der Waals surface area contributed by atoms with Crippen LogP contribution in [0, 0.1) is 13.8 Å². The molecule has 0 amide bonds. The normalized spacial score (nSPS) is 12.0. The van der Waals surface area contributed by atoms with Gasteiger partial charge in [-0.15, -0.1) is 10.2 Å². The van der Waals surface area contributed by atoms with Gasteiger partial charge in [0.15, 0.2) is 5.75 Å². The third-order valence-corrected chi connectivity index (χ3v) is 5.36. The molecule has 3 rings (SSSR count). The maximum absolute atomic E-state index is 11.9. The minimum atomic E-state index is -4.83. The predicted octanol–water partition coefficient (Wildman–Crippen LogP) is 4.23. The Kier molecular flexibility index (Phi) is 4.99.